The van der Waals surface area contributed by atoms with Gasteiger partial charge in [0.05, 0.1) is 12.6 Å². The molecule has 0 bridgehead atoms. The van der Waals surface area contributed by atoms with Crippen molar-refractivity contribution in [1.82, 2.24) is 5.32 Å². The molecule has 1 aliphatic heterocycles. The zero-order valence-electron chi connectivity index (χ0n) is 13.1. The Balaban J connectivity index is 1.65. The first-order valence-corrected chi connectivity index (χ1v) is 8.64. The van der Waals surface area contributed by atoms with Crippen molar-refractivity contribution in [2.24, 2.45) is 0 Å². The number of carbonyl (C=O) groups excluding carboxylic acids is 1. The summed E-state index contributed by atoms with van der Waals surface area (Å²) in [5, 5.41) is 4.06. The van der Waals surface area contributed by atoms with Crippen molar-refractivity contribution < 1.29 is 13.9 Å². The lowest BCUT2D eigenvalue weighted by atomic mass is 10.0. The first kappa shape index (κ1) is 15.3. The van der Waals surface area contributed by atoms with E-state index in [-0.39, 0.29) is 11.9 Å². The highest BCUT2D eigenvalue weighted by atomic mass is 79.9. The van der Waals surface area contributed by atoms with Gasteiger partial charge in [0.15, 0.2) is 5.76 Å². The lowest BCUT2D eigenvalue weighted by molar-refractivity contribution is 0.0898. The van der Waals surface area contributed by atoms with Crippen molar-refractivity contribution in [3.63, 3.8) is 0 Å². The lowest BCUT2D eigenvalue weighted by Gasteiger charge is -2.26. The van der Waals surface area contributed by atoms with Crippen LogP contribution < -0.4 is 10.1 Å². The maximum Gasteiger partial charge on any atom is 0.287 e. The van der Waals surface area contributed by atoms with E-state index in [1.54, 1.807) is 0 Å². The summed E-state index contributed by atoms with van der Waals surface area (Å²) in [6.07, 6.45) is 0.731. The molecule has 0 aliphatic carbocycles. The molecule has 1 aromatic heterocycles. The van der Waals surface area contributed by atoms with Crippen LogP contribution in [0, 0.1) is 6.92 Å². The third kappa shape index (κ3) is 2.59. The SMILES string of the molecule is Cc1c(C(=O)NC2CCOc3ccc(Br)cc32)oc2ccccc12. The van der Waals surface area contributed by atoms with E-state index < -0.39 is 0 Å². The third-order valence-corrected chi connectivity index (χ3v) is 4.86. The molecule has 0 radical (unpaired) electrons. The van der Waals surface area contributed by atoms with E-state index in [1.165, 1.54) is 0 Å². The van der Waals surface area contributed by atoms with Crippen molar-refractivity contribution >= 4 is 32.8 Å². The van der Waals surface area contributed by atoms with E-state index >= 15 is 0 Å². The molecule has 24 heavy (non-hydrogen) atoms. The van der Waals surface area contributed by atoms with Gasteiger partial charge in [-0.25, -0.2) is 0 Å². The topological polar surface area (TPSA) is 51.5 Å². The third-order valence-electron chi connectivity index (χ3n) is 4.37. The predicted molar refractivity (Wildman–Crippen MR) is 95.4 cm³/mol. The highest BCUT2D eigenvalue weighted by molar-refractivity contribution is 9.10. The molecule has 0 saturated carbocycles. The summed E-state index contributed by atoms with van der Waals surface area (Å²) in [6.45, 7) is 2.49. The zero-order chi connectivity index (χ0) is 16.7. The average molecular weight is 386 g/mol. The van der Waals surface area contributed by atoms with Crippen LogP contribution >= 0.6 is 15.9 Å². The van der Waals surface area contributed by atoms with Gasteiger partial charge in [-0.3, -0.25) is 4.79 Å². The van der Waals surface area contributed by atoms with Crippen LogP contribution in [0.1, 0.15) is 34.1 Å². The number of rotatable bonds is 2. The maximum absolute atomic E-state index is 12.7. The number of aryl methyl sites for hydroxylation is 1. The summed E-state index contributed by atoms with van der Waals surface area (Å²) in [4.78, 5) is 12.7. The Hall–Kier alpha value is -2.27. The van der Waals surface area contributed by atoms with Gasteiger partial charge < -0.3 is 14.5 Å². The number of hydrogen-bond donors (Lipinski definition) is 1. The van der Waals surface area contributed by atoms with Crippen LogP contribution in [0.3, 0.4) is 0 Å². The first-order valence-electron chi connectivity index (χ1n) is 7.85. The monoisotopic (exact) mass is 385 g/mol. The van der Waals surface area contributed by atoms with Crippen LogP contribution in [0.4, 0.5) is 0 Å². The van der Waals surface area contributed by atoms with E-state index in [0.717, 1.165) is 38.7 Å². The quantitative estimate of drug-likeness (QED) is 0.691. The van der Waals surface area contributed by atoms with Crippen LogP contribution in [0.5, 0.6) is 5.75 Å². The van der Waals surface area contributed by atoms with Gasteiger partial charge in [-0.15, -0.1) is 0 Å². The van der Waals surface area contributed by atoms with Crippen LogP contribution in [-0.4, -0.2) is 12.5 Å². The van der Waals surface area contributed by atoms with E-state index in [1.807, 2.05) is 49.4 Å². The van der Waals surface area contributed by atoms with Gasteiger partial charge in [-0.1, -0.05) is 34.1 Å². The largest absolute Gasteiger partial charge is 0.493 e. The Bertz CT molecular complexity index is 932. The summed E-state index contributed by atoms with van der Waals surface area (Å²) in [6, 6.07) is 13.4. The van der Waals surface area contributed by atoms with Crippen molar-refractivity contribution in [2.45, 2.75) is 19.4 Å². The van der Waals surface area contributed by atoms with Crippen molar-refractivity contribution in [3.05, 3.63) is 63.8 Å². The Kier molecular flexibility index (Phi) is 3.81. The molecule has 2 heterocycles. The maximum atomic E-state index is 12.7. The molecule has 2 aromatic carbocycles. The normalized spacial score (nSPS) is 16.5. The van der Waals surface area contributed by atoms with Gasteiger partial charge in [0, 0.05) is 27.4 Å². The fraction of sp³-hybridized carbons (Fsp3) is 0.211. The summed E-state index contributed by atoms with van der Waals surface area (Å²) in [5.41, 5.74) is 2.58. The molecule has 0 fully saturated rings. The summed E-state index contributed by atoms with van der Waals surface area (Å²) in [7, 11) is 0. The Morgan fingerprint density at radius 1 is 1.25 bits per heavy atom. The zero-order valence-corrected chi connectivity index (χ0v) is 14.7. The average Bonchev–Trinajstić information content (AvgIpc) is 2.93. The van der Waals surface area contributed by atoms with Crippen LogP contribution in [0.2, 0.25) is 0 Å². The minimum absolute atomic E-state index is 0.0913. The number of hydrogen-bond acceptors (Lipinski definition) is 3. The molecular formula is C19H16BrNO3. The molecule has 4 rings (SSSR count). The summed E-state index contributed by atoms with van der Waals surface area (Å²) < 4.78 is 12.4. The molecule has 1 N–H and O–H groups in total. The molecule has 122 valence electrons. The van der Waals surface area contributed by atoms with Gasteiger partial charge in [0.25, 0.3) is 5.91 Å². The first-order chi connectivity index (χ1) is 11.6. The summed E-state index contributed by atoms with van der Waals surface area (Å²) >= 11 is 3.48. The second-order valence-electron chi connectivity index (χ2n) is 5.90. The molecule has 1 aliphatic rings. The molecule has 0 saturated heterocycles. The Morgan fingerprint density at radius 3 is 2.92 bits per heavy atom. The van der Waals surface area contributed by atoms with E-state index in [0.29, 0.717) is 12.4 Å². The second-order valence-corrected chi connectivity index (χ2v) is 6.81. The van der Waals surface area contributed by atoms with E-state index in [9.17, 15) is 4.79 Å². The number of nitrogens with one attached hydrogen (secondary N) is 1. The van der Waals surface area contributed by atoms with Gasteiger partial charge in [0.2, 0.25) is 0 Å². The fourth-order valence-corrected chi connectivity index (χ4v) is 3.51. The van der Waals surface area contributed by atoms with E-state index in [4.69, 9.17) is 9.15 Å². The summed E-state index contributed by atoms with van der Waals surface area (Å²) in [5.74, 6) is 0.997. The van der Waals surface area contributed by atoms with Crippen LogP contribution in [0.15, 0.2) is 51.4 Å². The number of fused-ring (bicyclic) bond motifs is 2. The fourth-order valence-electron chi connectivity index (χ4n) is 3.13. The van der Waals surface area contributed by atoms with E-state index in [2.05, 4.69) is 21.2 Å². The number of carbonyl (C=O) groups is 1. The lowest BCUT2D eigenvalue weighted by Crippen LogP contribution is -2.32. The van der Waals surface area contributed by atoms with Gasteiger partial charge in [-0.2, -0.15) is 0 Å². The number of benzene rings is 2. The van der Waals surface area contributed by atoms with Crippen LogP contribution in [-0.2, 0) is 0 Å². The Labute approximate surface area is 147 Å². The standard InChI is InChI=1S/C19H16BrNO3/c1-11-13-4-2-3-5-17(13)24-18(11)19(22)21-15-8-9-23-16-7-6-12(20)10-14(15)16/h2-7,10,15H,8-9H2,1H3,(H,21,22). The highest BCUT2D eigenvalue weighted by Gasteiger charge is 2.26. The number of para-hydroxylation sites is 1. The number of halogens is 1. The van der Waals surface area contributed by atoms with Gasteiger partial charge in [0.1, 0.15) is 11.3 Å². The molecule has 5 heteroatoms. The number of ether oxygens (including phenoxy) is 1. The molecule has 0 spiro atoms. The van der Waals surface area contributed by atoms with Gasteiger partial charge in [-0.05, 0) is 31.2 Å². The van der Waals surface area contributed by atoms with Gasteiger partial charge >= 0.3 is 0 Å². The number of amides is 1. The number of furan rings is 1. The molecule has 1 atom stereocenters. The minimum atomic E-state index is -0.193. The van der Waals surface area contributed by atoms with Crippen molar-refractivity contribution in [2.75, 3.05) is 6.61 Å². The van der Waals surface area contributed by atoms with Crippen molar-refractivity contribution in [1.29, 1.82) is 0 Å². The van der Waals surface area contributed by atoms with Crippen molar-refractivity contribution in [3.8, 4) is 5.75 Å². The van der Waals surface area contributed by atoms with Crippen LogP contribution in [0.25, 0.3) is 11.0 Å². The molecule has 1 unspecified atom stereocenters. The minimum Gasteiger partial charge on any atom is -0.493 e. The highest BCUT2D eigenvalue weighted by Crippen LogP contribution is 2.34. The molecule has 1 amide bonds. The molecule has 4 nitrogen and oxygen atoms in total. The molecule has 3 aromatic rings. The Morgan fingerprint density at radius 2 is 2.08 bits per heavy atom. The second kappa shape index (κ2) is 5.98. The predicted octanol–water partition coefficient (Wildman–Crippen LogP) is 4.76. The smallest absolute Gasteiger partial charge is 0.287 e. The molecular weight excluding hydrogens is 370 g/mol.